The number of carbonyl (C=O) groups excluding carboxylic acids is 1. The van der Waals surface area contributed by atoms with E-state index >= 15 is 0 Å². The number of carbonyl (C=O) groups is 1. The molecule has 0 radical (unpaired) electrons. The van der Waals surface area contributed by atoms with Gasteiger partial charge in [0.2, 0.25) is 0 Å². The van der Waals surface area contributed by atoms with E-state index in [-0.39, 0.29) is 5.91 Å². The van der Waals surface area contributed by atoms with Crippen molar-refractivity contribution >= 4 is 27.5 Å². The molecule has 0 aliphatic rings. The zero-order valence-corrected chi connectivity index (χ0v) is 12.3. The van der Waals surface area contributed by atoms with Gasteiger partial charge in [0, 0.05) is 10.2 Å². The van der Waals surface area contributed by atoms with E-state index in [2.05, 4.69) is 21.2 Å². The van der Waals surface area contributed by atoms with Crippen LogP contribution in [0.25, 0.3) is 0 Å². The largest absolute Gasteiger partial charge is 0.496 e. The minimum absolute atomic E-state index is 0.187. The van der Waals surface area contributed by atoms with Crippen LogP contribution in [0.3, 0.4) is 0 Å². The fourth-order valence-electron chi connectivity index (χ4n) is 1.69. The summed E-state index contributed by atoms with van der Waals surface area (Å²) in [5.74, 6) is 0.354. The van der Waals surface area contributed by atoms with E-state index < -0.39 is 0 Å². The first kappa shape index (κ1) is 13.6. The molecule has 1 amide bonds. The molecular weight excluding hydrogens is 306 g/mol. The number of hydrogen-bond donors (Lipinski definition) is 1. The predicted octanol–water partition coefficient (Wildman–Crippen LogP) is 4.02. The molecule has 0 aliphatic carbocycles. The predicted molar refractivity (Wildman–Crippen MR) is 79.8 cm³/mol. The number of methoxy groups -OCH3 is 1. The summed E-state index contributed by atoms with van der Waals surface area (Å²) < 4.78 is 6.08. The number of halogens is 1. The Morgan fingerprint density at radius 3 is 2.47 bits per heavy atom. The summed E-state index contributed by atoms with van der Waals surface area (Å²) in [5.41, 5.74) is 2.42. The van der Waals surface area contributed by atoms with E-state index in [1.165, 1.54) is 0 Å². The van der Waals surface area contributed by atoms with Crippen molar-refractivity contribution in [2.45, 2.75) is 6.92 Å². The summed E-state index contributed by atoms with van der Waals surface area (Å²) in [5, 5.41) is 2.85. The second kappa shape index (κ2) is 5.89. The molecule has 0 spiro atoms. The lowest BCUT2D eigenvalue weighted by molar-refractivity contribution is 0.102. The van der Waals surface area contributed by atoms with Crippen LogP contribution in [0.1, 0.15) is 15.9 Å². The molecule has 19 heavy (non-hydrogen) atoms. The van der Waals surface area contributed by atoms with Gasteiger partial charge in [-0.25, -0.2) is 0 Å². The highest BCUT2D eigenvalue weighted by Crippen LogP contribution is 2.24. The molecule has 0 bridgehead atoms. The number of anilines is 1. The topological polar surface area (TPSA) is 38.3 Å². The number of benzene rings is 2. The smallest absolute Gasteiger partial charge is 0.259 e. The molecule has 0 saturated carbocycles. The molecule has 0 fully saturated rings. The number of ether oxygens (including phenoxy) is 1. The van der Waals surface area contributed by atoms with Gasteiger partial charge in [-0.3, -0.25) is 4.79 Å². The number of aryl methyl sites for hydroxylation is 1. The van der Waals surface area contributed by atoms with Crippen LogP contribution in [0, 0.1) is 6.92 Å². The number of rotatable bonds is 3. The van der Waals surface area contributed by atoms with Crippen LogP contribution in [-0.2, 0) is 0 Å². The maximum Gasteiger partial charge on any atom is 0.259 e. The number of hydrogen-bond acceptors (Lipinski definition) is 2. The molecule has 2 aromatic rings. The van der Waals surface area contributed by atoms with Crippen molar-refractivity contribution in [3.05, 3.63) is 58.1 Å². The fourth-order valence-corrected chi connectivity index (χ4v) is 2.03. The summed E-state index contributed by atoms with van der Waals surface area (Å²) in [6.45, 7) is 2.00. The molecule has 4 heteroatoms. The van der Waals surface area contributed by atoms with Crippen LogP contribution >= 0.6 is 15.9 Å². The zero-order chi connectivity index (χ0) is 13.8. The molecule has 0 saturated heterocycles. The van der Waals surface area contributed by atoms with E-state index in [0.717, 1.165) is 15.7 Å². The first-order chi connectivity index (χ1) is 9.10. The lowest BCUT2D eigenvalue weighted by Crippen LogP contribution is -2.13. The Morgan fingerprint density at radius 2 is 1.84 bits per heavy atom. The maximum atomic E-state index is 12.2. The van der Waals surface area contributed by atoms with E-state index in [1.54, 1.807) is 19.2 Å². The molecule has 0 aromatic heterocycles. The van der Waals surface area contributed by atoms with Crippen molar-refractivity contribution in [3.63, 3.8) is 0 Å². The van der Waals surface area contributed by atoms with Crippen LogP contribution in [0.15, 0.2) is 46.9 Å². The Morgan fingerprint density at radius 1 is 1.16 bits per heavy atom. The average molecular weight is 320 g/mol. The van der Waals surface area contributed by atoms with E-state index in [1.807, 2.05) is 37.3 Å². The highest BCUT2D eigenvalue weighted by Gasteiger charge is 2.12. The maximum absolute atomic E-state index is 12.2. The highest BCUT2D eigenvalue weighted by molar-refractivity contribution is 9.10. The number of nitrogens with one attached hydrogen (secondary N) is 1. The summed E-state index contributed by atoms with van der Waals surface area (Å²) >= 11 is 3.35. The second-order valence-electron chi connectivity index (χ2n) is 4.16. The lowest BCUT2D eigenvalue weighted by Gasteiger charge is -2.10. The summed E-state index contributed by atoms with van der Waals surface area (Å²) in [6.07, 6.45) is 0. The summed E-state index contributed by atoms with van der Waals surface area (Å²) in [7, 11) is 1.55. The van der Waals surface area contributed by atoms with Gasteiger partial charge < -0.3 is 10.1 Å². The first-order valence-electron chi connectivity index (χ1n) is 5.81. The van der Waals surface area contributed by atoms with Crippen LogP contribution in [-0.4, -0.2) is 13.0 Å². The van der Waals surface area contributed by atoms with Gasteiger partial charge in [0.15, 0.2) is 0 Å². The average Bonchev–Trinajstić information content (AvgIpc) is 2.41. The van der Waals surface area contributed by atoms with Gasteiger partial charge >= 0.3 is 0 Å². The van der Waals surface area contributed by atoms with Crippen molar-refractivity contribution in [2.75, 3.05) is 12.4 Å². The Hall–Kier alpha value is -1.81. The molecule has 3 nitrogen and oxygen atoms in total. The van der Waals surface area contributed by atoms with Crippen molar-refractivity contribution in [1.82, 2.24) is 0 Å². The minimum atomic E-state index is -0.187. The lowest BCUT2D eigenvalue weighted by atomic mass is 10.1. The van der Waals surface area contributed by atoms with Gasteiger partial charge in [-0.05, 0) is 37.3 Å². The van der Waals surface area contributed by atoms with Crippen molar-refractivity contribution < 1.29 is 9.53 Å². The van der Waals surface area contributed by atoms with Crippen LogP contribution in [0.5, 0.6) is 5.75 Å². The Labute approximate surface area is 120 Å². The molecule has 0 aliphatic heterocycles. The Balaban J connectivity index is 2.22. The third-order valence-electron chi connectivity index (χ3n) is 2.72. The molecule has 0 atom stereocenters. The van der Waals surface area contributed by atoms with Gasteiger partial charge in [-0.1, -0.05) is 33.6 Å². The van der Waals surface area contributed by atoms with Crippen molar-refractivity contribution in [1.29, 1.82) is 0 Å². The van der Waals surface area contributed by atoms with Gasteiger partial charge in [0.1, 0.15) is 5.75 Å². The molecule has 0 heterocycles. The van der Waals surface area contributed by atoms with E-state index in [4.69, 9.17) is 4.74 Å². The normalized spacial score (nSPS) is 10.1. The Bertz CT molecular complexity index is 594. The third-order valence-corrected chi connectivity index (χ3v) is 3.21. The number of amides is 1. The zero-order valence-electron chi connectivity index (χ0n) is 10.7. The SMILES string of the molecule is COc1cc(Br)ccc1C(=O)Nc1ccc(C)cc1. The monoisotopic (exact) mass is 319 g/mol. The van der Waals surface area contributed by atoms with Gasteiger partial charge in [0.05, 0.1) is 12.7 Å². The van der Waals surface area contributed by atoms with Gasteiger partial charge in [-0.2, -0.15) is 0 Å². The van der Waals surface area contributed by atoms with Crippen LogP contribution in [0.4, 0.5) is 5.69 Å². The highest BCUT2D eigenvalue weighted by atomic mass is 79.9. The molecule has 2 aromatic carbocycles. The molecule has 98 valence electrons. The second-order valence-corrected chi connectivity index (χ2v) is 5.08. The van der Waals surface area contributed by atoms with Crippen molar-refractivity contribution in [2.24, 2.45) is 0 Å². The first-order valence-corrected chi connectivity index (χ1v) is 6.61. The Kier molecular flexibility index (Phi) is 4.22. The summed E-state index contributed by atoms with van der Waals surface area (Å²) in [6, 6.07) is 13.0. The van der Waals surface area contributed by atoms with Gasteiger partial charge in [-0.15, -0.1) is 0 Å². The molecule has 1 N–H and O–H groups in total. The minimum Gasteiger partial charge on any atom is -0.496 e. The molecular formula is C15H14BrNO2. The fraction of sp³-hybridized carbons (Fsp3) is 0.133. The van der Waals surface area contributed by atoms with Crippen molar-refractivity contribution in [3.8, 4) is 5.75 Å². The van der Waals surface area contributed by atoms with Crippen LogP contribution < -0.4 is 10.1 Å². The van der Waals surface area contributed by atoms with Gasteiger partial charge in [0.25, 0.3) is 5.91 Å². The van der Waals surface area contributed by atoms with E-state index in [9.17, 15) is 4.79 Å². The standard InChI is InChI=1S/C15H14BrNO2/c1-10-3-6-12(7-4-10)17-15(18)13-8-5-11(16)9-14(13)19-2/h3-9H,1-2H3,(H,17,18). The van der Waals surface area contributed by atoms with Crippen LogP contribution in [0.2, 0.25) is 0 Å². The van der Waals surface area contributed by atoms with E-state index in [0.29, 0.717) is 11.3 Å². The quantitative estimate of drug-likeness (QED) is 0.928. The molecule has 0 unspecified atom stereocenters. The summed E-state index contributed by atoms with van der Waals surface area (Å²) in [4.78, 5) is 12.2. The third kappa shape index (κ3) is 3.35. The molecule has 2 rings (SSSR count).